The first kappa shape index (κ1) is 16.0. The third kappa shape index (κ3) is 5.26. The van der Waals surface area contributed by atoms with Crippen molar-refractivity contribution in [2.75, 3.05) is 12.9 Å². The molecule has 0 bridgehead atoms. The van der Waals surface area contributed by atoms with Crippen molar-refractivity contribution in [3.8, 4) is 0 Å². The van der Waals surface area contributed by atoms with Gasteiger partial charge in [0, 0.05) is 12.7 Å². The summed E-state index contributed by atoms with van der Waals surface area (Å²) in [5.74, 6) is -0.623. The molecule has 98 valence electrons. The molecule has 0 aromatic rings. The molecule has 5 heteroatoms. The van der Waals surface area contributed by atoms with Crippen LogP contribution in [0, 0.1) is 0 Å². The molecule has 0 radical (unpaired) electrons. The molecular formula is C12H21NO3S. The van der Waals surface area contributed by atoms with E-state index >= 15 is 0 Å². The van der Waals surface area contributed by atoms with Gasteiger partial charge in [-0.25, -0.2) is 4.79 Å². The van der Waals surface area contributed by atoms with Gasteiger partial charge in [-0.15, -0.1) is 0 Å². The number of ether oxygens (including phenoxy) is 1. The molecule has 1 amide bonds. The summed E-state index contributed by atoms with van der Waals surface area (Å²) in [6.45, 7) is 3.45. The third-order valence-electron chi connectivity index (χ3n) is 2.32. The first-order chi connectivity index (χ1) is 8.02. The number of nitrogens with one attached hydrogen (secondary N) is 1. The highest BCUT2D eigenvalue weighted by Gasteiger charge is 2.36. The minimum Gasteiger partial charge on any atom is -0.467 e. The van der Waals surface area contributed by atoms with Gasteiger partial charge in [-0.1, -0.05) is 31.9 Å². The topological polar surface area (TPSA) is 55.4 Å². The largest absolute Gasteiger partial charge is 0.467 e. The summed E-state index contributed by atoms with van der Waals surface area (Å²) in [6.07, 6.45) is 6.54. The fourth-order valence-electron chi connectivity index (χ4n) is 1.42. The number of carbonyl (C=O) groups is 2. The van der Waals surface area contributed by atoms with Crippen molar-refractivity contribution >= 4 is 24.5 Å². The number of unbranched alkanes of at least 4 members (excludes halogenated alkanes) is 2. The molecule has 0 aromatic heterocycles. The summed E-state index contributed by atoms with van der Waals surface area (Å²) in [5, 5.41) is 2.59. The second-order valence-electron chi connectivity index (χ2n) is 3.85. The second-order valence-corrected chi connectivity index (χ2v) is 4.16. The van der Waals surface area contributed by atoms with Crippen molar-refractivity contribution in [2.45, 2.75) is 38.6 Å². The van der Waals surface area contributed by atoms with Gasteiger partial charge in [-0.3, -0.25) is 4.79 Å². The van der Waals surface area contributed by atoms with Crippen LogP contribution in [0.5, 0.6) is 0 Å². The maximum Gasteiger partial charge on any atom is 0.336 e. The van der Waals surface area contributed by atoms with Crippen LogP contribution in [0.15, 0.2) is 12.2 Å². The van der Waals surface area contributed by atoms with Crippen molar-refractivity contribution in [2.24, 2.45) is 0 Å². The van der Waals surface area contributed by atoms with Gasteiger partial charge in [0.1, 0.15) is 0 Å². The molecule has 0 aliphatic rings. The molecule has 1 atom stereocenters. The molecule has 0 saturated heterocycles. The minimum absolute atomic E-state index is 0.169. The van der Waals surface area contributed by atoms with Crippen LogP contribution in [0.25, 0.3) is 0 Å². The molecule has 1 unspecified atom stereocenters. The van der Waals surface area contributed by atoms with Crippen LogP contribution in [-0.4, -0.2) is 30.3 Å². The lowest BCUT2D eigenvalue weighted by Crippen LogP contribution is -2.54. The quantitative estimate of drug-likeness (QED) is 0.317. The van der Waals surface area contributed by atoms with E-state index in [4.69, 9.17) is 4.74 Å². The number of carbonyl (C=O) groups excluding carboxylic acids is 2. The molecule has 0 aliphatic heterocycles. The standard InChI is InChI=1S/C12H21NO3S/c1-4-5-6-7-8-12(9-17,11(15)16-3)13-10(2)14/h7-8,17H,4-6,9H2,1-3H3,(H,13,14)/b8-7+. The van der Waals surface area contributed by atoms with E-state index in [9.17, 15) is 9.59 Å². The lowest BCUT2D eigenvalue weighted by Gasteiger charge is -2.26. The van der Waals surface area contributed by atoms with E-state index < -0.39 is 11.5 Å². The second kappa shape index (κ2) is 8.17. The summed E-state index contributed by atoms with van der Waals surface area (Å²) in [6, 6.07) is 0. The lowest BCUT2D eigenvalue weighted by atomic mass is 10.0. The summed E-state index contributed by atoms with van der Waals surface area (Å²) < 4.78 is 4.71. The van der Waals surface area contributed by atoms with E-state index in [1.807, 2.05) is 6.08 Å². The molecular weight excluding hydrogens is 238 g/mol. The molecule has 0 fully saturated rings. The van der Waals surface area contributed by atoms with Crippen LogP contribution in [0.1, 0.15) is 33.1 Å². The average Bonchev–Trinajstić information content (AvgIpc) is 2.31. The van der Waals surface area contributed by atoms with Gasteiger partial charge in [0.25, 0.3) is 0 Å². The van der Waals surface area contributed by atoms with Gasteiger partial charge in [-0.05, 0) is 6.42 Å². The summed E-state index contributed by atoms with van der Waals surface area (Å²) in [4.78, 5) is 22.9. The molecule has 17 heavy (non-hydrogen) atoms. The first-order valence-electron chi connectivity index (χ1n) is 5.68. The summed E-state index contributed by atoms with van der Waals surface area (Å²) in [5.41, 5.74) is -1.16. The zero-order valence-electron chi connectivity index (χ0n) is 10.7. The Bertz CT molecular complexity index is 291. The van der Waals surface area contributed by atoms with E-state index in [1.165, 1.54) is 14.0 Å². The molecule has 0 aromatic carbocycles. The Balaban J connectivity index is 4.85. The van der Waals surface area contributed by atoms with Crippen molar-refractivity contribution in [1.29, 1.82) is 0 Å². The fraction of sp³-hybridized carbons (Fsp3) is 0.667. The molecule has 0 rings (SSSR count). The van der Waals surface area contributed by atoms with Crippen LogP contribution in [0.2, 0.25) is 0 Å². The molecule has 0 saturated carbocycles. The van der Waals surface area contributed by atoms with Gasteiger partial charge < -0.3 is 10.1 Å². The lowest BCUT2D eigenvalue weighted by molar-refractivity contribution is -0.147. The minimum atomic E-state index is -1.16. The monoisotopic (exact) mass is 259 g/mol. The number of methoxy groups -OCH3 is 1. The van der Waals surface area contributed by atoms with Crippen molar-refractivity contribution in [1.82, 2.24) is 5.32 Å². The zero-order chi connectivity index (χ0) is 13.3. The number of allylic oxidation sites excluding steroid dienone is 1. The molecule has 1 N–H and O–H groups in total. The highest BCUT2D eigenvalue weighted by atomic mass is 32.1. The van der Waals surface area contributed by atoms with Gasteiger partial charge >= 0.3 is 5.97 Å². The normalized spacial score (nSPS) is 14.4. The Hall–Kier alpha value is -0.970. The van der Waals surface area contributed by atoms with Crippen molar-refractivity contribution in [3.63, 3.8) is 0 Å². The molecule has 0 aliphatic carbocycles. The summed E-state index contributed by atoms with van der Waals surface area (Å²) >= 11 is 4.13. The van der Waals surface area contributed by atoms with E-state index in [-0.39, 0.29) is 11.7 Å². The van der Waals surface area contributed by atoms with Gasteiger partial charge in [-0.2, -0.15) is 12.6 Å². The highest BCUT2D eigenvalue weighted by molar-refractivity contribution is 7.80. The SMILES string of the molecule is CCCC/C=C/C(CS)(NC(C)=O)C(=O)OC. The Morgan fingerprint density at radius 2 is 2.12 bits per heavy atom. The third-order valence-corrected chi connectivity index (χ3v) is 2.82. The van der Waals surface area contributed by atoms with Crippen LogP contribution in [-0.2, 0) is 14.3 Å². The maximum atomic E-state index is 11.7. The molecule has 4 nitrogen and oxygen atoms in total. The van der Waals surface area contributed by atoms with E-state index in [0.717, 1.165) is 19.3 Å². The maximum absolute atomic E-state index is 11.7. The number of esters is 1. The Morgan fingerprint density at radius 3 is 2.53 bits per heavy atom. The van der Waals surface area contributed by atoms with Crippen LogP contribution in [0.3, 0.4) is 0 Å². The van der Waals surface area contributed by atoms with Gasteiger partial charge in [0.2, 0.25) is 5.91 Å². The van der Waals surface area contributed by atoms with E-state index in [2.05, 4.69) is 24.9 Å². The smallest absolute Gasteiger partial charge is 0.336 e. The predicted octanol–water partition coefficient (Wildman–Crippen LogP) is 1.71. The number of thiol groups is 1. The Morgan fingerprint density at radius 1 is 1.47 bits per heavy atom. The van der Waals surface area contributed by atoms with Gasteiger partial charge in [0.05, 0.1) is 7.11 Å². The first-order valence-corrected chi connectivity index (χ1v) is 6.31. The van der Waals surface area contributed by atoms with Crippen molar-refractivity contribution in [3.05, 3.63) is 12.2 Å². The van der Waals surface area contributed by atoms with Crippen LogP contribution >= 0.6 is 12.6 Å². The predicted molar refractivity (Wildman–Crippen MR) is 71.1 cm³/mol. The highest BCUT2D eigenvalue weighted by Crippen LogP contribution is 2.13. The van der Waals surface area contributed by atoms with Crippen LogP contribution in [0.4, 0.5) is 0 Å². The number of hydrogen-bond acceptors (Lipinski definition) is 4. The summed E-state index contributed by atoms with van der Waals surface area (Å²) in [7, 11) is 1.29. The van der Waals surface area contributed by atoms with E-state index in [0.29, 0.717) is 0 Å². The Kier molecular flexibility index (Phi) is 7.70. The number of amides is 1. The zero-order valence-corrected chi connectivity index (χ0v) is 11.5. The molecule has 0 spiro atoms. The van der Waals surface area contributed by atoms with Crippen LogP contribution < -0.4 is 5.32 Å². The number of hydrogen-bond donors (Lipinski definition) is 2. The van der Waals surface area contributed by atoms with Crippen molar-refractivity contribution < 1.29 is 14.3 Å². The fourth-order valence-corrected chi connectivity index (χ4v) is 1.73. The number of rotatable bonds is 7. The Labute approximate surface area is 108 Å². The molecule has 0 heterocycles. The van der Waals surface area contributed by atoms with Gasteiger partial charge in [0.15, 0.2) is 5.54 Å². The average molecular weight is 259 g/mol. The van der Waals surface area contributed by atoms with E-state index in [1.54, 1.807) is 6.08 Å².